The van der Waals surface area contributed by atoms with Crippen molar-refractivity contribution >= 4 is 28.3 Å². The number of aromatic nitrogens is 3. The van der Waals surface area contributed by atoms with Gasteiger partial charge >= 0.3 is 0 Å². The maximum atomic E-state index is 12.0. The van der Waals surface area contributed by atoms with Crippen molar-refractivity contribution in [3.8, 4) is 22.8 Å². The van der Waals surface area contributed by atoms with Crippen LogP contribution in [-0.4, -0.2) is 60.4 Å². The first-order chi connectivity index (χ1) is 17.1. The first-order valence-electron chi connectivity index (χ1n) is 11.1. The molecular formula is C26H27N5O4. The smallest absolute Gasteiger partial charge is 0.269 e. The van der Waals surface area contributed by atoms with E-state index in [0.29, 0.717) is 41.4 Å². The fourth-order valence-corrected chi connectivity index (χ4v) is 3.73. The van der Waals surface area contributed by atoms with E-state index < -0.39 is 0 Å². The molecule has 0 aliphatic heterocycles. The van der Waals surface area contributed by atoms with E-state index in [0.717, 1.165) is 22.5 Å². The van der Waals surface area contributed by atoms with E-state index in [-0.39, 0.29) is 12.5 Å². The quantitative estimate of drug-likeness (QED) is 0.380. The van der Waals surface area contributed by atoms with Gasteiger partial charge in [0, 0.05) is 61.5 Å². The number of hydrogen-bond acceptors (Lipinski definition) is 8. The summed E-state index contributed by atoms with van der Waals surface area (Å²) in [5.41, 5.74) is 4.87. The second-order valence-corrected chi connectivity index (χ2v) is 7.74. The van der Waals surface area contributed by atoms with Crippen LogP contribution in [0.3, 0.4) is 0 Å². The average molecular weight is 474 g/mol. The molecular weight excluding hydrogens is 446 g/mol. The minimum absolute atomic E-state index is 0.0604. The summed E-state index contributed by atoms with van der Waals surface area (Å²) >= 11 is 0. The number of benzene rings is 2. The number of ether oxygens (including phenoxy) is 2. The Balaban J connectivity index is 1.77. The fourth-order valence-electron chi connectivity index (χ4n) is 3.73. The molecule has 9 heteroatoms. The fraction of sp³-hybridized carbons (Fsp3) is 0.231. The van der Waals surface area contributed by atoms with Crippen molar-refractivity contribution in [2.45, 2.75) is 6.42 Å². The maximum absolute atomic E-state index is 12.0. The number of fused-ring (bicyclic) bond motifs is 1. The number of rotatable bonds is 9. The summed E-state index contributed by atoms with van der Waals surface area (Å²) in [6.45, 7) is 0.635. The second-order valence-electron chi connectivity index (χ2n) is 7.74. The Morgan fingerprint density at radius 1 is 0.971 bits per heavy atom. The summed E-state index contributed by atoms with van der Waals surface area (Å²) in [5.74, 6) is 1.07. The summed E-state index contributed by atoms with van der Waals surface area (Å²) in [7, 11) is 4.78. The SMILES string of the molecule is CNC(=O)c1cc(-c2cnc3ccc(N(CCCO)c4cc(OC)cc(OC)c4)cc3n2)ccn1. The second kappa shape index (κ2) is 10.8. The van der Waals surface area contributed by atoms with E-state index in [1.54, 1.807) is 45.8 Å². The van der Waals surface area contributed by atoms with Crippen molar-refractivity contribution in [1.82, 2.24) is 20.3 Å². The molecule has 0 saturated heterocycles. The van der Waals surface area contributed by atoms with Crippen LogP contribution < -0.4 is 19.7 Å². The Hall–Kier alpha value is -4.24. The lowest BCUT2D eigenvalue weighted by Gasteiger charge is -2.26. The maximum Gasteiger partial charge on any atom is 0.269 e. The van der Waals surface area contributed by atoms with Crippen molar-refractivity contribution in [1.29, 1.82) is 0 Å². The van der Waals surface area contributed by atoms with Gasteiger partial charge in [-0.1, -0.05) is 0 Å². The average Bonchev–Trinajstić information content (AvgIpc) is 2.92. The third kappa shape index (κ3) is 5.30. The number of anilines is 2. The number of nitrogens with one attached hydrogen (secondary N) is 1. The molecule has 0 saturated carbocycles. The largest absolute Gasteiger partial charge is 0.497 e. The Labute approximate surface area is 203 Å². The lowest BCUT2D eigenvalue weighted by Crippen LogP contribution is -2.19. The monoisotopic (exact) mass is 473 g/mol. The van der Waals surface area contributed by atoms with Crippen LogP contribution in [-0.2, 0) is 0 Å². The number of aliphatic hydroxyl groups excluding tert-OH is 1. The van der Waals surface area contributed by atoms with Gasteiger partial charge in [-0.3, -0.25) is 14.8 Å². The molecule has 9 nitrogen and oxygen atoms in total. The van der Waals surface area contributed by atoms with Gasteiger partial charge in [0.25, 0.3) is 5.91 Å². The molecule has 2 heterocycles. The van der Waals surface area contributed by atoms with Crippen LogP contribution in [0.5, 0.6) is 11.5 Å². The van der Waals surface area contributed by atoms with Crippen LogP contribution in [0.4, 0.5) is 11.4 Å². The van der Waals surface area contributed by atoms with Crippen LogP contribution >= 0.6 is 0 Å². The molecule has 0 aliphatic carbocycles. The number of hydrogen-bond donors (Lipinski definition) is 2. The third-order valence-corrected chi connectivity index (χ3v) is 5.54. The standard InChI is InChI=1S/C26H27N5O4/c1-27-26(33)24-11-17(7-8-28-24)25-16-29-22-6-5-18(14-23(22)30-25)31(9-4-10-32)19-12-20(34-2)15-21(13-19)35-3/h5-8,11-16,32H,4,9-10H2,1-3H3,(H,27,33). The molecule has 0 fully saturated rings. The molecule has 2 N–H and O–H groups in total. The zero-order chi connectivity index (χ0) is 24.8. The molecule has 0 atom stereocenters. The highest BCUT2D eigenvalue weighted by Gasteiger charge is 2.15. The number of methoxy groups -OCH3 is 2. The molecule has 4 aromatic rings. The van der Waals surface area contributed by atoms with Gasteiger partial charge in [-0.2, -0.15) is 0 Å². The highest BCUT2D eigenvalue weighted by Crippen LogP contribution is 2.34. The van der Waals surface area contributed by atoms with Crippen LogP contribution in [0.1, 0.15) is 16.9 Å². The van der Waals surface area contributed by atoms with Crippen molar-refractivity contribution in [2.75, 3.05) is 39.3 Å². The summed E-state index contributed by atoms with van der Waals surface area (Å²) in [4.78, 5) is 27.6. The Morgan fingerprint density at radius 2 is 1.74 bits per heavy atom. The number of pyridine rings is 1. The molecule has 1 amide bonds. The van der Waals surface area contributed by atoms with Gasteiger partial charge in [0.1, 0.15) is 17.2 Å². The van der Waals surface area contributed by atoms with Gasteiger partial charge in [-0.05, 0) is 36.8 Å². The molecule has 2 aromatic carbocycles. The first-order valence-corrected chi connectivity index (χ1v) is 11.1. The summed E-state index contributed by atoms with van der Waals surface area (Å²) in [6, 6.07) is 15.0. The number of carbonyl (C=O) groups excluding carboxylic acids is 1. The number of amides is 1. The van der Waals surface area contributed by atoms with Gasteiger partial charge in [0.05, 0.1) is 37.1 Å². The summed E-state index contributed by atoms with van der Waals surface area (Å²) in [5, 5.41) is 12.1. The summed E-state index contributed by atoms with van der Waals surface area (Å²) in [6.07, 6.45) is 3.83. The molecule has 4 rings (SSSR count). The van der Waals surface area contributed by atoms with E-state index in [2.05, 4.69) is 20.2 Å². The highest BCUT2D eigenvalue weighted by atomic mass is 16.5. The van der Waals surface area contributed by atoms with Gasteiger partial charge in [0.2, 0.25) is 0 Å². The van der Waals surface area contributed by atoms with E-state index in [1.807, 2.05) is 36.4 Å². The van der Waals surface area contributed by atoms with E-state index in [4.69, 9.17) is 14.5 Å². The topological polar surface area (TPSA) is 110 Å². The summed E-state index contributed by atoms with van der Waals surface area (Å²) < 4.78 is 10.9. The zero-order valence-electron chi connectivity index (χ0n) is 19.9. The molecule has 0 aliphatic rings. The normalized spacial score (nSPS) is 10.7. The number of nitrogens with zero attached hydrogens (tertiary/aromatic N) is 4. The van der Waals surface area contributed by atoms with E-state index in [9.17, 15) is 9.90 Å². The van der Waals surface area contributed by atoms with Crippen molar-refractivity contribution in [3.63, 3.8) is 0 Å². The molecule has 0 bridgehead atoms. The van der Waals surface area contributed by atoms with Crippen molar-refractivity contribution in [2.24, 2.45) is 0 Å². The number of carbonyl (C=O) groups is 1. The Kier molecular flexibility index (Phi) is 7.37. The van der Waals surface area contributed by atoms with E-state index in [1.165, 1.54) is 0 Å². The predicted molar refractivity (Wildman–Crippen MR) is 134 cm³/mol. The molecule has 0 spiro atoms. The van der Waals surface area contributed by atoms with Gasteiger partial charge in [0.15, 0.2) is 0 Å². The zero-order valence-corrected chi connectivity index (χ0v) is 19.9. The van der Waals surface area contributed by atoms with Crippen LogP contribution in [0, 0.1) is 0 Å². The van der Waals surface area contributed by atoms with Crippen LogP contribution in [0.15, 0.2) is 60.9 Å². The molecule has 0 unspecified atom stereocenters. The van der Waals surface area contributed by atoms with Gasteiger partial charge in [-0.25, -0.2) is 4.98 Å². The molecule has 2 aromatic heterocycles. The van der Waals surface area contributed by atoms with Crippen molar-refractivity contribution < 1.29 is 19.4 Å². The Bertz CT molecular complexity index is 1320. The lowest BCUT2D eigenvalue weighted by atomic mass is 10.1. The molecule has 180 valence electrons. The third-order valence-electron chi connectivity index (χ3n) is 5.54. The minimum Gasteiger partial charge on any atom is -0.497 e. The van der Waals surface area contributed by atoms with Crippen LogP contribution in [0.2, 0.25) is 0 Å². The number of aliphatic hydroxyl groups is 1. The Morgan fingerprint density at radius 3 is 2.43 bits per heavy atom. The van der Waals surface area contributed by atoms with Gasteiger partial charge < -0.3 is 24.8 Å². The van der Waals surface area contributed by atoms with Crippen molar-refractivity contribution in [3.05, 3.63) is 66.6 Å². The molecule has 0 radical (unpaired) electrons. The van der Waals surface area contributed by atoms with Gasteiger partial charge in [-0.15, -0.1) is 0 Å². The lowest BCUT2D eigenvalue weighted by molar-refractivity contribution is 0.0958. The van der Waals surface area contributed by atoms with Crippen LogP contribution in [0.25, 0.3) is 22.3 Å². The first kappa shape index (κ1) is 23.9. The minimum atomic E-state index is -0.267. The highest BCUT2D eigenvalue weighted by molar-refractivity contribution is 5.93. The predicted octanol–water partition coefficient (Wildman–Crippen LogP) is 3.59. The van der Waals surface area contributed by atoms with E-state index >= 15 is 0 Å². The molecule has 35 heavy (non-hydrogen) atoms.